The van der Waals surface area contributed by atoms with Crippen molar-refractivity contribution in [3.05, 3.63) is 0 Å². The van der Waals surface area contributed by atoms with Gasteiger partial charge in [0, 0.05) is 24.9 Å². The smallest absolute Gasteiger partial charge is 0.237 e. The number of hydrogen-bond donors (Lipinski definition) is 1. The van der Waals surface area contributed by atoms with Crippen molar-refractivity contribution in [2.24, 2.45) is 5.92 Å². The van der Waals surface area contributed by atoms with Crippen molar-refractivity contribution in [1.29, 1.82) is 0 Å². The normalized spacial score (nSPS) is 30.3. The monoisotopic (exact) mass is 266 g/mol. The Morgan fingerprint density at radius 2 is 2.16 bits per heavy atom. The zero-order valence-corrected chi connectivity index (χ0v) is 12.2. The molecule has 4 nitrogen and oxygen atoms in total. The molecule has 0 spiro atoms. The molecule has 3 atom stereocenters. The van der Waals surface area contributed by atoms with Gasteiger partial charge in [-0.15, -0.1) is 0 Å². The van der Waals surface area contributed by atoms with E-state index >= 15 is 0 Å². The van der Waals surface area contributed by atoms with Crippen LogP contribution in [0.3, 0.4) is 0 Å². The van der Waals surface area contributed by atoms with E-state index in [9.17, 15) is 9.59 Å². The van der Waals surface area contributed by atoms with Crippen LogP contribution in [-0.2, 0) is 9.59 Å². The highest BCUT2D eigenvalue weighted by Crippen LogP contribution is 2.33. The molecule has 19 heavy (non-hydrogen) atoms. The third-order valence-electron chi connectivity index (χ3n) is 4.64. The standard InChI is InChI=1S/C15H26N2O2/c1-3-16-15(19)11(2)17-10-6-8-13(17)12-7-4-5-9-14(12)18/h11-13H,3-10H2,1-2H3,(H,16,19). The van der Waals surface area contributed by atoms with Crippen LogP contribution in [0.4, 0.5) is 0 Å². The third kappa shape index (κ3) is 3.16. The lowest BCUT2D eigenvalue weighted by Crippen LogP contribution is -2.50. The predicted molar refractivity (Wildman–Crippen MR) is 74.8 cm³/mol. The third-order valence-corrected chi connectivity index (χ3v) is 4.64. The Hall–Kier alpha value is -0.900. The molecule has 1 saturated carbocycles. The maximum absolute atomic E-state index is 12.1. The van der Waals surface area contributed by atoms with E-state index in [2.05, 4.69) is 10.2 Å². The Balaban J connectivity index is 2.03. The quantitative estimate of drug-likeness (QED) is 0.843. The summed E-state index contributed by atoms with van der Waals surface area (Å²) in [4.78, 5) is 26.4. The first-order chi connectivity index (χ1) is 9.15. The molecule has 4 heteroatoms. The SMILES string of the molecule is CCNC(=O)C(C)N1CCCC1C1CCCCC1=O. The molecule has 0 radical (unpaired) electrons. The minimum atomic E-state index is -0.109. The summed E-state index contributed by atoms with van der Waals surface area (Å²) in [5, 5.41) is 2.89. The predicted octanol–water partition coefficient (Wildman–Crippen LogP) is 1.73. The maximum atomic E-state index is 12.1. The molecular weight excluding hydrogens is 240 g/mol. The van der Waals surface area contributed by atoms with Crippen molar-refractivity contribution >= 4 is 11.7 Å². The first-order valence-electron chi connectivity index (χ1n) is 7.71. The van der Waals surface area contributed by atoms with Crippen LogP contribution < -0.4 is 5.32 Å². The van der Waals surface area contributed by atoms with Crippen LogP contribution in [0.1, 0.15) is 52.4 Å². The average Bonchev–Trinajstić information content (AvgIpc) is 2.87. The van der Waals surface area contributed by atoms with E-state index in [4.69, 9.17) is 0 Å². The van der Waals surface area contributed by atoms with E-state index in [-0.39, 0.29) is 17.9 Å². The fraction of sp³-hybridized carbons (Fsp3) is 0.867. The number of Topliss-reactive ketones (excluding diaryl/α,β-unsaturated/α-hetero) is 1. The zero-order chi connectivity index (χ0) is 13.8. The molecule has 1 saturated heterocycles. The molecule has 1 aliphatic heterocycles. The summed E-state index contributed by atoms with van der Waals surface area (Å²) in [6, 6.07) is 0.188. The van der Waals surface area contributed by atoms with Crippen LogP contribution in [-0.4, -0.2) is 41.8 Å². The minimum Gasteiger partial charge on any atom is -0.355 e. The summed E-state index contributed by atoms with van der Waals surface area (Å²) in [5.74, 6) is 0.692. The second kappa shape index (κ2) is 6.51. The first-order valence-corrected chi connectivity index (χ1v) is 7.71. The van der Waals surface area contributed by atoms with Gasteiger partial charge in [-0.3, -0.25) is 14.5 Å². The summed E-state index contributed by atoms with van der Waals surface area (Å²) < 4.78 is 0. The number of likely N-dealkylation sites (tertiary alicyclic amines) is 1. The Labute approximate surface area is 115 Å². The molecule has 1 N–H and O–H groups in total. The lowest BCUT2D eigenvalue weighted by Gasteiger charge is -2.35. The number of rotatable bonds is 4. The molecule has 0 aromatic heterocycles. The first kappa shape index (κ1) is 14.5. The van der Waals surface area contributed by atoms with Gasteiger partial charge < -0.3 is 5.32 Å². The molecule has 1 heterocycles. The van der Waals surface area contributed by atoms with Crippen LogP contribution in [0.5, 0.6) is 0 Å². The molecule has 1 aliphatic carbocycles. The molecular formula is C15H26N2O2. The van der Waals surface area contributed by atoms with Gasteiger partial charge in [0.2, 0.25) is 5.91 Å². The molecule has 2 rings (SSSR count). The van der Waals surface area contributed by atoms with Crippen molar-refractivity contribution < 1.29 is 9.59 Å². The second-order valence-electron chi connectivity index (χ2n) is 5.84. The maximum Gasteiger partial charge on any atom is 0.237 e. The number of hydrogen-bond acceptors (Lipinski definition) is 3. The number of carbonyl (C=O) groups is 2. The molecule has 2 fully saturated rings. The van der Waals surface area contributed by atoms with Gasteiger partial charge in [-0.25, -0.2) is 0 Å². The van der Waals surface area contributed by atoms with Gasteiger partial charge in [-0.1, -0.05) is 6.42 Å². The largest absolute Gasteiger partial charge is 0.355 e. The van der Waals surface area contributed by atoms with E-state index < -0.39 is 0 Å². The highest BCUT2D eigenvalue weighted by Gasteiger charge is 2.39. The Morgan fingerprint density at radius 1 is 1.37 bits per heavy atom. The fourth-order valence-electron chi connectivity index (χ4n) is 3.62. The van der Waals surface area contributed by atoms with Crippen molar-refractivity contribution in [2.45, 2.75) is 64.5 Å². The number of nitrogens with zero attached hydrogens (tertiary/aromatic N) is 1. The second-order valence-corrected chi connectivity index (χ2v) is 5.84. The van der Waals surface area contributed by atoms with Gasteiger partial charge in [0.25, 0.3) is 0 Å². The molecule has 108 valence electrons. The zero-order valence-electron chi connectivity index (χ0n) is 12.2. The van der Waals surface area contributed by atoms with Gasteiger partial charge in [-0.05, 0) is 46.1 Å². The summed E-state index contributed by atoms with van der Waals surface area (Å²) in [7, 11) is 0. The average molecular weight is 266 g/mol. The minimum absolute atomic E-state index is 0.0951. The molecule has 3 unspecified atom stereocenters. The van der Waals surface area contributed by atoms with Crippen LogP contribution in [0.25, 0.3) is 0 Å². The fourth-order valence-corrected chi connectivity index (χ4v) is 3.62. The highest BCUT2D eigenvalue weighted by atomic mass is 16.2. The van der Waals surface area contributed by atoms with E-state index in [1.807, 2.05) is 13.8 Å². The van der Waals surface area contributed by atoms with Crippen LogP contribution in [0.15, 0.2) is 0 Å². The lowest BCUT2D eigenvalue weighted by atomic mass is 9.81. The van der Waals surface area contributed by atoms with Crippen molar-refractivity contribution in [3.63, 3.8) is 0 Å². The van der Waals surface area contributed by atoms with Gasteiger partial charge in [0.1, 0.15) is 5.78 Å². The van der Waals surface area contributed by atoms with E-state index in [0.717, 1.165) is 45.1 Å². The van der Waals surface area contributed by atoms with Crippen molar-refractivity contribution in [3.8, 4) is 0 Å². The Bertz CT molecular complexity index is 343. The van der Waals surface area contributed by atoms with Crippen LogP contribution in [0.2, 0.25) is 0 Å². The molecule has 0 aromatic carbocycles. The number of ketones is 1. The topological polar surface area (TPSA) is 49.4 Å². The molecule has 0 bridgehead atoms. The number of nitrogens with one attached hydrogen (secondary N) is 1. The van der Waals surface area contributed by atoms with Crippen molar-refractivity contribution in [1.82, 2.24) is 10.2 Å². The Morgan fingerprint density at radius 3 is 2.84 bits per heavy atom. The number of amides is 1. The lowest BCUT2D eigenvalue weighted by molar-refractivity contribution is -0.131. The number of carbonyl (C=O) groups excluding carboxylic acids is 2. The number of likely N-dealkylation sites (N-methyl/N-ethyl adjacent to an activating group) is 1. The summed E-state index contributed by atoms with van der Waals surface area (Å²) in [6.45, 7) is 5.53. The van der Waals surface area contributed by atoms with Gasteiger partial charge >= 0.3 is 0 Å². The van der Waals surface area contributed by atoms with E-state index in [0.29, 0.717) is 18.4 Å². The van der Waals surface area contributed by atoms with Crippen LogP contribution in [0, 0.1) is 5.92 Å². The summed E-state index contributed by atoms with van der Waals surface area (Å²) >= 11 is 0. The molecule has 1 amide bonds. The highest BCUT2D eigenvalue weighted by molar-refractivity contribution is 5.83. The van der Waals surface area contributed by atoms with Crippen molar-refractivity contribution in [2.75, 3.05) is 13.1 Å². The van der Waals surface area contributed by atoms with Gasteiger partial charge in [-0.2, -0.15) is 0 Å². The molecule has 2 aliphatic rings. The summed E-state index contributed by atoms with van der Waals surface area (Å²) in [5.41, 5.74) is 0. The summed E-state index contributed by atoms with van der Waals surface area (Å²) in [6.07, 6.45) is 6.15. The Kier molecular flexibility index (Phi) is 4.97. The molecule has 0 aromatic rings. The van der Waals surface area contributed by atoms with Crippen LogP contribution >= 0.6 is 0 Å². The van der Waals surface area contributed by atoms with E-state index in [1.165, 1.54) is 0 Å². The van der Waals surface area contributed by atoms with Gasteiger partial charge in [0.15, 0.2) is 0 Å². The van der Waals surface area contributed by atoms with E-state index in [1.54, 1.807) is 0 Å². The van der Waals surface area contributed by atoms with Gasteiger partial charge in [0.05, 0.1) is 6.04 Å².